The van der Waals surface area contributed by atoms with Gasteiger partial charge in [0.05, 0.1) is 5.69 Å². The van der Waals surface area contributed by atoms with Gasteiger partial charge in [-0.25, -0.2) is 4.39 Å². The lowest BCUT2D eigenvalue weighted by Gasteiger charge is -2.61. The van der Waals surface area contributed by atoms with Gasteiger partial charge in [-0.2, -0.15) is 0 Å². The molecule has 0 saturated heterocycles. The van der Waals surface area contributed by atoms with Gasteiger partial charge in [0.1, 0.15) is 5.82 Å². The molecule has 240 valence electrons. The average Bonchev–Trinajstić information content (AvgIpc) is 3.37. The lowest BCUT2D eigenvalue weighted by atomic mass is 9.44. The van der Waals surface area contributed by atoms with Crippen molar-refractivity contribution in [1.29, 1.82) is 0 Å². The maximum Gasteiger partial charge on any atom is 0.123 e. The third-order valence-corrected chi connectivity index (χ3v) is 14.0. The molecule has 4 aliphatic rings. The van der Waals surface area contributed by atoms with Gasteiger partial charge < -0.3 is 0 Å². The molecule has 7 rings (SSSR count). The highest BCUT2D eigenvalue weighted by atomic mass is 35.5. The van der Waals surface area contributed by atoms with E-state index in [9.17, 15) is 4.39 Å². The van der Waals surface area contributed by atoms with E-state index in [1.54, 1.807) is 12.1 Å². The number of hydrogen-bond acceptors (Lipinski definition) is 1. The summed E-state index contributed by atoms with van der Waals surface area (Å²) in [5.41, 5.74) is 7.90. The second kappa shape index (κ2) is 12.1. The molecule has 45 heavy (non-hydrogen) atoms. The normalized spacial score (nSPS) is 32.8. The Labute approximate surface area is 276 Å². The summed E-state index contributed by atoms with van der Waals surface area (Å²) >= 11 is 6.24. The highest BCUT2D eigenvalue weighted by Gasteiger charge is 2.60. The summed E-state index contributed by atoms with van der Waals surface area (Å²) in [5.74, 6) is 5.59. The van der Waals surface area contributed by atoms with Crippen molar-refractivity contribution in [2.75, 3.05) is 0 Å². The van der Waals surface area contributed by atoms with Crippen LogP contribution in [0.2, 0.25) is 5.02 Å². The fraction of sp³-hybridized carbons (Fsp3) is 0.595. The molecular weight excluding hydrogens is 573 g/mol. The van der Waals surface area contributed by atoms with Gasteiger partial charge in [-0.3, -0.25) is 4.98 Å². The van der Waals surface area contributed by atoms with Crippen molar-refractivity contribution in [3.8, 4) is 22.4 Å². The first-order valence-corrected chi connectivity index (χ1v) is 18.5. The van der Waals surface area contributed by atoms with Crippen LogP contribution in [0.15, 0.2) is 54.6 Å². The van der Waals surface area contributed by atoms with Gasteiger partial charge in [0, 0.05) is 16.3 Å². The fourth-order valence-corrected chi connectivity index (χ4v) is 11.6. The summed E-state index contributed by atoms with van der Waals surface area (Å²) in [6, 6.07) is 17.4. The molecule has 4 aliphatic carbocycles. The Morgan fingerprint density at radius 2 is 1.56 bits per heavy atom. The van der Waals surface area contributed by atoms with Crippen molar-refractivity contribution in [1.82, 2.24) is 4.98 Å². The van der Waals surface area contributed by atoms with E-state index < -0.39 is 0 Å². The molecule has 0 radical (unpaired) electrons. The van der Waals surface area contributed by atoms with Crippen LogP contribution >= 0.6 is 11.6 Å². The first kappa shape index (κ1) is 31.4. The SMILES string of the molecule is CC(C)CCC[C@H](C)[C@H]1CCC2C3CC[C@H]4Cc5nc(-c6ccc(Cl)cc6)cc(-c6ccc(F)cc6)c5C[C@]4(C)C3CC[C@@]21C. The predicted molar refractivity (Wildman–Crippen MR) is 187 cm³/mol. The first-order chi connectivity index (χ1) is 21.6. The predicted octanol–water partition coefficient (Wildman–Crippen LogP) is 12.2. The minimum Gasteiger partial charge on any atom is -0.253 e. The summed E-state index contributed by atoms with van der Waals surface area (Å²) in [6.07, 6.45) is 14.7. The summed E-state index contributed by atoms with van der Waals surface area (Å²) in [6.45, 7) is 12.7. The zero-order valence-electron chi connectivity index (χ0n) is 28.2. The fourth-order valence-electron chi connectivity index (χ4n) is 11.4. The van der Waals surface area contributed by atoms with Crippen LogP contribution in [0, 0.1) is 58.1 Å². The summed E-state index contributed by atoms with van der Waals surface area (Å²) in [7, 11) is 0. The Balaban J connectivity index is 1.20. The third-order valence-electron chi connectivity index (χ3n) is 13.8. The molecule has 3 unspecified atom stereocenters. The number of pyridine rings is 1. The molecule has 3 saturated carbocycles. The smallest absolute Gasteiger partial charge is 0.123 e. The number of nitrogens with zero attached hydrogens (tertiary/aromatic N) is 1. The van der Waals surface area contributed by atoms with Crippen LogP contribution in [0.25, 0.3) is 22.4 Å². The quantitative estimate of drug-likeness (QED) is 0.254. The second-order valence-corrected chi connectivity index (χ2v) is 17.0. The largest absolute Gasteiger partial charge is 0.253 e. The van der Waals surface area contributed by atoms with Gasteiger partial charge in [0.25, 0.3) is 0 Å². The zero-order chi connectivity index (χ0) is 31.5. The summed E-state index contributed by atoms with van der Waals surface area (Å²) in [5, 5.41) is 0.737. The van der Waals surface area contributed by atoms with E-state index in [2.05, 4.69) is 52.8 Å². The van der Waals surface area contributed by atoms with E-state index in [-0.39, 0.29) is 11.2 Å². The molecular formula is C42H53ClFN. The van der Waals surface area contributed by atoms with Gasteiger partial charge in [-0.05, 0) is 151 Å². The molecule has 0 bridgehead atoms. The van der Waals surface area contributed by atoms with E-state index in [0.717, 1.165) is 70.2 Å². The van der Waals surface area contributed by atoms with Crippen LogP contribution in [0.4, 0.5) is 4.39 Å². The van der Waals surface area contributed by atoms with Crippen LogP contribution in [-0.4, -0.2) is 4.98 Å². The van der Waals surface area contributed by atoms with Crippen LogP contribution in [0.3, 0.4) is 0 Å². The molecule has 0 N–H and O–H groups in total. The highest BCUT2D eigenvalue weighted by Crippen LogP contribution is 2.68. The van der Waals surface area contributed by atoms with Gasteiger partial charge in [-0.1, -0.05) is 89.7 Å². The lowest BCUT2D eigenvalue weighted by molar-refractivity contribution is -0.103. The zero-order valence-corrected chi connectivity index (χ0v) is 29.0. The number of aromatic nitrogens is 1. The number of fused-ring (bicyclic) bond motifs is 6. The van der Waals surface area contributed by atoms with Crippen LogP contribution in [0.5, 0.6) is 0 Å². The molecule has 3 fully saturated rings. The molecule has 0 aliphatic heterocycles. The number of benzene rings is 2. The number of hydrogen-bond donors (Lipinski definition) is 0. The Hall–Kier alpha value is -2.19. The Bertz CT molecular complexity index is 1510. The molecule has 3 heteroatoms. The maximum atomic E-state index is 14.1. The van der Waals surface area contributed by atoms with E-state index in [0.29, 0.717) is 11.3 Å². The van der Waals surface area contributed by atoms with Crippen LogP contribution in [0.1, 0.15) is 104 Å². The van der Waals surface area contributed by atoms with E-state index >= 15 is 0 Å². The molecule has 0 spiro atoms. The van der Waals surface area contributed by atoms with Crippen molar-refractivity contribution < 1.29 is 4.39 Å². The second-order valence-electron chi connectivity index (χ2n) is 16.6. The van der Waals surface area contributed by atoms with E-state index in [1.165, 1.54) is 74.6 Å². The maximum absolute atomic E-state index is 14.1. The molecule has 1 nitrogen and oxygen atoms in total. The Kier molecular flexibility index (Phi) is 8.46. The van der Waals surface area contributed by atoms with E-state index in [4.69, 9.17) is 16.6 Å². The molecule has 1 aromatic heterocycles. The minimum absolute atomic E-state index is 0.184. The first-order valence-electron chi connectivity index (χ1n) is 18.1. The Morgan fingerprint density at radius 1 is 0.844 bits per heavy atom. The Morgan fingerprint density at radius 3 is 2.29 bits per heavy atom. The lowest BCUT2D eigenvalue weighted by Crippen LogP contribution is -2.54. The molecule has 3 aromatic rings. The van der Waals surface area contributed by atoms with Crippen molar-refractivity contribution >= 4 is 11.6 Å². The minimum atomic E-state index is -0.184. The van der Waals surface area contributed by atoms with Gasteiger partial charge >= 0.3 is 0 Å². The van der Waals surface area contributed by atoms with Crippen LogP contribution < -0.4 is 0 Å². The number of rotatable bonds is 7. The summed E-state index contributed by atoms with van der Waals surface area (Å²) < 4.78 is 14.1. The topological polar surface area (TPSA) is 12.9 Å². The summed E-state index contributed by atoms with van der Waals surface area (Å²) in [4.78, 5) is 5.35. The standard InChI is InChI=1S/C42H53ClFN/c1-26(2)7-6-8-27(3)36-19-20-37-33-18-13-30-23-40-35(25-42(30,5)38(33)21-22-41(36,37)4)34(28-11-16-32(44)17-12-28)24-39(45-40)29-9-14-31(43)15-10-29/h9-12,14-17,24,26-27,30,33,36-38H,6-8,13,18-23,25H2,1-5H3/t27-,30-,33?,36+,37?,38?,41+,42-/m0/s1. The molecule has 8 atom stereocenters. The van der Waals surface area contributed by atoms with E-state index in [1.807, 2.05) is 24.3 Å². The van der Waals surface area contributed by atoms with Crippen molar-refractivity contribution in [3.05, 3.63) is 76.7 Å². The highest BCUT2D eigenvalue weighted by molar-refractivity contribution is 6.30. The van der Waals surface area contributed by atoms with Crippen molar-refractivity contribution in [2.24, 2.45) is 52.3 Å². The van der Waals surface area contributed by atoms with Crippen molar-refractivity contribution in [3.63, 3.8) is 0 Å². The molecule has 2 aromatic carbocycles. The van der Waals surface area contributed by atoms with Crippen molar-refractivity contribution in [2.45, 2.75) is 105 Å². The molecule has 1 heterocycles. The third kappa shape index (κ3) is 5.60. The van der Waals surface area contributed by atoms with Gasteiger partial charge in [-0.15, -0.1) is 0 Å². The van der Waals surface area contributed by atoms with Crippen LogP contribution in [-0.2, 0) is 12.8 Å². The monoisotopic (exact) mass is 625 g/mol. The van der Waals surface area contributed by atoms with Gasteiger partial charge in [0.2, 0.25) is 0 Å². The number of halogens is 2. The van der Waals surface area contributed by atoms with Gasteiger partial charge in [0.15, 0.2) is 0 Å². The average molecular weight is 626 g/mol. The molecule has 0 amide bonds.